The third kappa shape index (κ3) is 4.27. The van der Waals surface area contributed by atoms with Gasteiger partial charge in [0, 0.05) is 11.3 Å². The van der Waals surface area contributed by atoms with E-state index in [9.17, 15) is 0 Å². The maximum atomic E-state index is 5.15. The summed E-state index contributed by atoms with van der Waals surface area (Å²) < 4.78 is 0. The predicted molar refractivity (Wildman–Crippen MR) is 72.3 cm³/mol. The van der Waals surface area contributed by atoms with Crippen molar-refractivity contribution >= 4 is 17.5 Å². The van der Waals surface area contributed by atoms with Crippen LogP contribution in [0.5, 0.6) is 0 Å². The highest BCUT2D eigenvalue weighted by Gasteiger charge is 2.04. The monoisotopic (exact) mass is 237 g/mol. The zero-order chi connectivity index (χ0) is 11.8. The molecular formula is C13H19NOS. The summed E-state index contributed by atoms with van der Waals surface area (Å²) in [6, 6.07) is 8.41. The van der Waals surface area contributed by atoms with Gasteiger partial charge in [-0.15, -0.1) is 0 Å². The first-order valence-electron chi connectivity index (χ1n) is 5.61. The largest absolute Gasteiger partial charge is 0.396 e. The Kier molecular flexibility index (Phi) is 6.01. The van der Waals surface area contributed by atoms with E-state index in [0.29, 0.717) is 6.61 Å². The second-order valence-electron chi connectivity index (χ2n) is 3.46. The zero-order valence-corrected chi connectivity index (χ0v) is 11.0. The van der Waals surface area contributed by atoms with E-state index < -0.39 is 0 Å². The van der Waals surface area contributed by atoms with Crippen molar-refractivity contribution in [3.63, 3.8) is 0 Å². The van der Waals surface area contributed by atoms with E-state index >= 15 is 0 Å². The summed E-state index contributed by atoms with van der Waals surface area (Å²) in [5, 5.41) is 4.18. The standard InChI is InChI=1S/C13H19NOS/c1-4-15-14-13(10-16-5-2)12-8-6-11(3)7-9-12/h6-9H,4-5,10H2,1-3H3. The van der Waals surface area contributed by atoms with E-state index in [1.165, 1.54) is 5.56 Å². The van der Waals surface area contributed by atoms with Gasteiger partial charge in [-0.25, -0.2) is 0 Å². The topological polar surface area (TPSA) is 21.6 Å². The quantitative estimate of drug-likeness (QED) is 0.558. The molecule has 0 radical (unpaired) electrons. The molecule has 0 N–H and O–H groups in total. The van der Waals surface area contributed by atoms with Crippen LogP contribution in [-0.4, -0.2) is 23.8 Å². The Bertz CT molecular complexity index is 332. The van der Waals surface area contributed by atoms with Gasteiger partial charge >= 0.3 is 0 Å². The van der Waals surface area contributed by atoms with E-state index in [0.717, 1.165) is 22.8 Å². The van der Waals surface area contributed by atoms with Crippen LogP contribution in [0, 0.1) is 6.92 Å². The van der Waals surface area contributed by atoms with Gasteiger partial charge in [0.1, 0.15) is 6.61 Å². The molecule has 3 heteroatoms. The minimum atomic E-state index is 0.617. The van der Waals surface area contributed by atoms with Crippen molar-refractivity contribution in [3.8, 4) is 0 Å². The van der Waals surface area contributed by atoms with Gasteiger partial charge in [0.25, 0.3) is 0 Å². The Labute approximate surface area is 102 Å². The molecule has 0 aliphatic rings. The van der Waals surface area contributed by atoms with Crippen LogP contribution in [0.2, 0.25) is 0 Å². The minimum absolute atomic E-state index is 0.617. The Morgan fingerprint density at radius 3 is 2.50 bits per heavy atom. The maximum absolute atomic E-state index is 5.15. The lowest BCUT2D eigenvalue weighted by atomic mass is 10.1. The third-order valence-corrected chi connectivity index (χ3v) is 3.02. The van der Waals surface area contributed by atoms with Crippen molar-refractivity contribution in [3.05, 3.63) is 35.4 Å². The summed E-state index contributed by atoms with van der Waals surface area (Å²) in [5.41, 5.74) is 3.44. The van der Waals surface area contributed by atoms with E-state index in [-0.39, 0.29) is 0 Å². The molecule has 0 saturated carbocycles. The number of aryl methyl sites for hydroxylation is 1. The number of nitrogens with zero attached hydrogens (tertiary/aromatic N) is 1. The Balaban J connectivity index is 2.78. The van der Waals surface area contributed by atoms with Gasteiger partial charge in [0.15, 0.2) is 0 Å². The van der Waals surface area contributed by atoms with Crippen LogP contribution in [0.15, 0.2) is 29.4 Å². The highest BCUT2D eigenvalue weighted by Crippen LogP contribution is 2.10. The lowest BCUT2D eigenvalue weighted by Gasteiger charge is -2.06. The summed E-state index contributed by atoms with van der Waals surface area (Å²) in [7, 11) is 0. The van der Waals surface area contributed by atoms with E-state index in [1.807, 2.05) is 18.7 Å². The molecule has 16 heavy (non-hydrogen) atoms. The van der Waals surface area contributed by atoms with Crippen molar-refractivity contribution in [2.24, 2.45) is 5.16 Å². The molecule has 0 aliphatic carbocycles. The molecule has 0 saturated heterocycles. The van der Waals surface area contributed by atoms with Crippen LogP contribution >= 0.6 is 11.8 Å². The lowest BCUT2D eigenvalue weighted by molar-refractivity contribution is 0.159. The normalized spacial score (nSPS) is 11.6. The number of thioether (sulfide) groups is 1. The Hall–Kier alpha value is -0.960. The highest BCUT2D eigenvalue weighted by molar-refractivity contribution is 7.99. The van der Waals surface area contributed by atoms with Crippen molar-refractivity contribution in [2.75, 3.05) is 18.1 Å². The van der Waals surface area contributed by atoms with Gasteiger partial charge in [-0.2, -0.15) is 11.8 Å². The maximum Gasteiger partial charge on any atom is 0.114 e. The molecule has 0 spiro atoms. The summed E-state index contributed by atoms with van der Waals surface area (Å²) in [6.07, 6.45) is 0. The molecule has 0 aliphatic heterocycles. The molecule has 2 nitrogen and oxygen atoms in total. The first kappa shape index (κ1) is 13.1. The first-order chi connectivity index (χ1) is 7.77. The smallest absolute Gasteiger partial charge is 0.114 e. The van der Waals surface area contributed by atoms with Gasteiger partial charge in [0.05, 0.1) is 5.71 Å². The van der Waals surface area contributed by atoms with E-state index in [4.69, 9.17) is 4.84 Å². The molecule has 0 atom stereocenters. The molecule has 1 aromatic rings. The second kappa shape index (κ2) is 7.34. The van der Waals surface area contributed by atoms with Crippen LogP contribution in [0.1, 0.15) is 25.0 Å². The van der Waals surface area contributed by atoms with Crippen LogP contribution < -0.4 is 0 Å². The summed E-state index contributed by atoms with van der Waals surface area (Å²) in [6.45, 7) is 6.80. The van der Waals surface area contributed by atoms with Crippen LogP contribution in [0.4, 0.5) is 0 Å². The van der Waals surface area contributed by atoms with Crippen molar-refractivity contribution in [1.82, 2.24) is 0 Å². The molecule has 1 aromatic carbocycles. The molecule has 0 aromatic heterocycles. The molecule has 88 valence electrons. The predicted octanol–water partition coefficient (Wildman–Crippen LogP) is 3.49. The highest BCUT2D eigenvalue weighted by atomic mass is 32.2. The molecular weight excluding hydrogens is 218 g/mol. The molecule has 0 heterocycles. The second-order valence-corrected chi connectivity index (χ2v) is 4.73. The molecule has 0 fully saturated rings. The Morgan fingerprint density at radius 1 is 1.25 bits per heavy atom. The number of benzene rings is 1. The average molecular weight is 237 g/mol. The van der Waals surface area contributed by atoms with Crippen LogP contribution in [-0.2, 0) is 4.84 Å². The minimum Gasteiger partial charge on any atom is -0.396 e. The zero-order valence-electron chi connectivity index (χ0n) is 10.2. The van der Waals surface area contributed by atoms with Crippen molar-refractivity contribution in [1.29, 1.82) is 0 Å². The van der Waals surface area contributed by atoms with Crippen molar-refractivity contribution < 1.29 is 4.84 Å². The fraction of sp³-hybridized carbons (Fsp3) is 0.462. The lowest BCUT2D eigenvalue weighted by Crippen LogP contribution is -2.06. The van der Waals surface area contributed by atoms with Gasteiger partial charge in [0.2, 0.25) is 0 Å². The molecule has 1 rings (SSSR count). The van der Waals surface area contributed by atoms with Gasteiger partial charge in [-0.1, -0.05) is 41.9 Å². The van der Waals surface area contributed by atoms with Gasteiger partial charge in [-0.3, -0.25) is 0 Å². The number of hydrogen-bond donors (Lipinski definition) is 0. The Morgan fingerprint density at radius 2 is 1.94 bits per heavy atom. The van der Waals surface area contributed by atoms with Crippen molar-refractivity contribution in [2.45, 2.75) is 20.8 Å². The summed E-state index contributed by atoms with van der Waals surface area (Å²) >= 11 is 1.85. The molecule has 0 bridgehead atoms. The third-order valence-electron chi connectivity index (χ3n) is 2.13. The fourth-order valence-corrected chi connectivity index (χ4v) is 1.87. The first-order valence-corrected chi connectivity index (χ1v) is 6.77. The van der Waals surface area contributed by atoms with Crippen LogP contribution in [0.3, 0.4) is 0 Å². The summed E-state index contributed by atoms with van der Waals surface area (Å²) in [5.74, 6) is 2.00. The number of oxime groups is 1. The van der Waals surface area contributed by atoms with E-state index in [1.54, 1.807) is 0 Å². The molecule has 0 unspecified atom stereocenters. The summed E-state index contributed by atoms with van der Waals surface area (Å²) in [4.78, 5) is 5.15. The number of rotatable bonds is 6. The van der Waals surface area contributed by atoms with Gasteiger partial charge < -0.3 is 4.84 Å². The SMILES string of the molecule is CCON=C(CSCC)c1ccc(C)cc1. The van der Waals surface area contributed by atoms with Crippen LogP contribution in [0.25, 0.3) is 0 Å². The molecule has 0 amide bonds. The average Bonchev–Trinajstić information content (AvgIpc) is 2.31. The van der Waals surface area contributed by atoms with E-state index in [2.05, 4.69) is 43.3 Å². The van der Waals surface area contributed by atoms with Gasteiger partial charge in [-0.05, 0) is 19.6 Å². The number of hydrogen-bond acceptors (Lipinski definition) is 3. The fourth-order valence-electron chi connectivity index (χ4n) is 1.25.